The van der Waals surface area contributed by atoms with Gasteiger partial charge in [0.2, 0.25) is 0 Å². The van der Waals surface area contributed by atoms with Crippen LogP contribution in [0.2, 0.25) is 5.02 Å². The summed E-state index contributed by atoms with van der Waals surface area (Å²) >= 11 is 6.10. The Kier molecular flexibility index (Phi) is 1.94. The fourth-order valence-corrected chi connectivity index (χ4v) is 2.78. The molecule has 0 atom stereocenters. The first-order chi connectivity index (χ1) is 8.83. The topological polar surface area (TPSA) is 15.8 Å². The third-order valence-electron chi connectivity index (χ3n) is 3.46. The Hall–Kier alpha value is -1.99. The van der Waals surface area contributed by atoms with Gasteiger partial charge in [-0.05, 0) is 23.6 Å². The van der Waals surface area contributed by atoms with Gasteiger partial charge in [-0.15, -0.1) is 0 Å². The minimum absolute atomic E-state index is 0.772. The molecule has 1 aromatic heterocycles. The number of fused-ring (bicyclic) bond motifs is 5. The molecule has 3 aromatic carbocycles. The van der Waals surface area contributed by atoms with E-state index in [-0.39, 0.29) is 0 Å². The highest BCUT2D eigenvalue weighted by Gasteiger charge is 2.07. The number of H-pyrrole nitrogens is 1. The monoisotopic (exact) mass is 251 g/mol. The average molecular weight is 252 g/mol. The van der Waals surface area contributed by atoms with Crippen LogP contribution in [-0.4, -0.2) is 4.98 Å². The number of hydrogen-bond donors (Lipinski definition) is 1. The lowest BCUT2D eigenvalue weighted by molar-refractivity contribution is 1.56. The van der Waals surface area contributed by atoms with Gasteiger partial charge in [-0.1, -0.05) is 48.0 Å². The van der Waals surface area contributed by atoms with E-state index in [9.17, 15) is 0 Å². The van der Waals surface area contributed by atoms with Crippen LogP contribution in [0.25, 0.3) is 32.6 Å². The molecule has 0 fully saturated rings. The molecule has 0 saturated heterocycles. The number of aromatic nitrogens is 1. The molecule has 0 aliphatic carbocycles. The van der Waals surface area contributed by atoms with E-state index in [1.165, 1.54) is 27.1 Å². The van der Waals surface area contributed by atoms with Crippen molar-refractivity contribution in [3.8, 4) is 0 Å². The van der Waals surface area contributed by atoms with Gasteiger partial charge in [-0.3, -0.25) is 0 Å². The quantitative estimate of drug-likeness (QED) is 0.446. The summed E-state index contributed by atoms with van der Waals surface area (Å²) in [5.41, 5.74) is 2.33. The molecule has 4 aromatic rings. The number of rotatable bonds is 0. The number of nitrogens with one attached hydrogen (secondary N) is 1. The number of benzene rings is 3. The molecule has 4 rings (SSSR count). The van der Waals surface area contributed by atoms with Gasteiger partial charge in [0.05, 0.1) is 5.52 Å². The smallest absolute Gasteiger partial charge is 0.0545 e. The Balaban J connectivity index is 2.31. The standard InChI is InChI=1S/C16H10ClN/c17-11-7-5-10-6-8-13-12-3-1-2-4-15(12)18-16(13)14(10)9-11/h1-9,18H. The van der Waals surface area contributed by atoms with Gasteiger partial charge in [0.25, 0.3) is 0 Å². The minimum atomic E-state index is 0.772. The van der Waals surface area contributed by atoms with Crippen LogP contribution in [0.1, 0.15) is 0 Å². The van der Waals surface area contributed by atoms with E-state index in [0.717, 1.165) is 10.5 Å². The third kappa shape index (κ3) is 1.28. The van der Waals surface area contributed by atoms with Crippen molar-refractivity contribution in [2.24, 2.45) is 0 Å². The zero-order valence-electron chi connectivity index (χ0n) is 9.57. The van der Waals surface area contributed by atoms with Crippen LogP contribution >= 0.6 is 11.6 Å². The van der Waals surface area contributed by atoms with Crippen LogP contribution in [0, 0.1) is 0 Å². The lowest BCUT2D eigenvalue weighted by Crippen LogP contribution is -1.75. The number of para-hydroxylation sites is 1. The summed E-state index contributed by atoms with van der Waals surface area (Å²) in [6.45, 7) is 0. The zero-order valence-corrected chi connectivity index (χ0v) is 10.3. The predicted molar refractivity (Wildman–Crippen MR) is 78.3 cm³/mol. The van der Waals surface area contributed by atoms with Gasteiger partial charge in [0.1, 0.15) is 0 Å². The zero-order chi connectivity index (χ0) is 12.1. The van der Waals surface area contributed by atoms with E-state index in [1.807, 2.05) is 18.2 Å². The Labute approximate surface area is 109 Å². The highest BCUT2D eigenvalue weighted by Crippen LogP contribution is 2.32. The van der Waals surface area contributed by atoms with E-state index in [4.69, 9.17) is 11.6 Å². The van der Waals surface area contributed by atoms with Crippen molar-refractivity contribution in [1.29, 1.82) is 0 Å². The second-order valence-electron chi connectivity index (χ2n) is 4.52. The molecule has 0 unspecified atom stereocenters. The van der Waals surface area contributed by atoms with Crippen LogP contribution in [0.15, 0.2) is 54.6 Å². The van der Waals surface area contributed by atoms with Gasteiger partial charge in [0.15, 0.2) is 0 Å². The van der Waals surface area contributed by atoms with Crippen molar-refractivity contribution < 1.29 is 0 Å². The van der Waals surface area contributed by atoms with Crippen molar-refractivity contribution in [3.05, 3.63) is 59.6 Å². The van der Waals surface area contributed by atoms with Gasteiger partial charge in [-0.2, -0.15) is 0 Å². The summed E-state index contributed by atoms with van der Waals surface area (Å²) in [4.78, 5) is 3.49. The Morgan fingerprint density at radius 1 is 0.778 bits per heavy atom. The molecule has 86 valence electrons. The van der Waals surface area contributed by atoms with Crippen LogP contribution in [-0.2, 0) is 0 Å². The fraction of sp³-hybridized carbons (Fsp3) is 0. The normalized spacial score (nSPS) is 11.6. The van der Waals surface area contributed by atoms with Crippen molar-refractivity contribution in [1.82, 2.24) is 4.98 Å². The highest BCUT2D eigenvalue weighted by atomic mass is 35.5. The molecule has 2 heteroatoms. The summed E-state index contributed by atoms with van der Waals surface area (Å²) in [7, 11) is 0. The second-order valence-corrected chi connectivity index (χ2v) is 4.96. The molecule has 1 nitrogen and oxygen atoms in total. The van der Waals surface area contributed by atoms with E-state index >= 15 is 0 Å². The van der Waals surface area contributed by atoms with Gasteiger partial charge >= 0.3 is 0 Å². The van der Waals surface area contributed by atoms with Gasteiger partial charge < -0.3 is 4.98 Å². The largest absolute Gasteiger partial charge is 0.354 e. The molecule has 0 spiro atoms. The molecule has 0 radical (unpaired) electrons. The van der Waals surface area contributed by atoms with Crippen LogP contribution in [0.5, 0.6) is 0 Å². The van der Waals surface area contributed by atoms with Gasteiger partial charge in [0, 0.05) is 26.7 Å². The summed E-state index contributed by atoms with van der Waals surface area (Å²) in [6.07, 6.45) is 0. The van der Waals surface area contributed by atoms with E-state index in [1.54, 1.807) is 0 Å². The van der Waals surface area contributed by atoms with E-state index in [0.29, 0.717) is 0 Å². The summed E-state index contributed by atoms with van der Waals surface area (Å²) < 4.78 is 0. The third-order valence-corrected chi connectivity index (χ3v) is 3.70. The van der Waals surface area contributed by atoms with Crippen LogP contribution < -0.4 is 0 Å². The van der Waals surface area contributed by atoms with Gasteiger partial charge in [-0.25, -0.2) is 0 Å². The highest BCUT2D eigenvalue weighted by molar-refractivity contribution is 6.32. The Bertz CT molecular complexity index is 889. The first-order valence-electron chi connectivity index (χ1n) is 5.92. The SMILES string of the molecule is Clc1ccc2ccc3c4ccccc4[nH]c3c2c1. The molecule has 18 heavy (non-hydrogen) atoms. The van der Waals surface area contributed by atoms with Crippen LogP contribution in [0.4, 0.5) is 0 Å². The number of hydrogen-bond acceptors (Lipinski definition) is 0. The summed E-state index contributed by atoms with van der Waals surface area (Å²) in [6, 6.07) is 18.7. The van der Waals surface area contributed by atoms with Crippen molar-refractivity contribution in [2.75, 3.05) is 0 Å². The average Bonchev–Trinajstić information content (AvgIpc) is 2.78. The van der Waals surface area contributed by atoms with Crippen LogP contribution in [0.3, 0.4) is 0 Å². The lowest BCUT2D eigenvalue weighted by Gasteiger charge is -2.00. The van der Waals surface area contributed by atoms with Crippen molar-refractivity contribution >= 4 is 44.2 Å². The number of halogens is 1. The molecule has 1 heterocycles. The lowest BCUT2D eigenvalue weighted by atomic mass is 10.1. The van der Waals surface area contributed by atoms with E-state index < -0.39 is 0 Å². The van der Waals surface area contributed by atoms with Crippen molar-refractivity contribution in [3.63, 3.8) is 0 Å². The summed E-state index contributed by atoms with van der Waals surface area (Å²) in [5, 5.41) is 5.66. The van der Waals surface area contributed by atoms with E-state index in [2.05, 4.69) is 41.4 Å². The molecule has 1 N–H and O–H groups in total. The minimum Gasteiger partial charge on any atom is -0.354 e. The maximum Gasteiger partial charge on any atom is 0.0545 e. The fourth-order valence-electron chi connectivity index (χ4n) is 2.61. The molecular weight excluding hydrogens is 242 g/mol. The molecule has 0 aliphatic rings. The second kappa shape index (κ2) is 3.50. The molecule has 0 saturated carbocycles. The maximum atomic E-state index is 6.10. The maximum absolute atomic E-state index is 6.10. The summed E-state index contributed by atoms with van der Waals surface area (Å²) in [5.74, 6) is 0. The first-order valence-corrected chi connectivity index (χ1v) is 6.29. The molecular formula is C16H10ClN. The molecule has 0 bridgehead atoms. The van der Waals surface area contributed by atoms with Crippen molar-refractivity contribution in [2.45, 2.75) is 0 Å². The Morgan fingerprint density at radius 3 is 2.56 bits per heavy atom. The molecule has 0 amide bonds. The molecule has 0 aliphatic heterocycles. The Morgan fingerprint density at radius 2 is 1.61 bits per heavy atom. The predicted octanol–water partition coefficient (Wildman–Crippen LogP) is 5.13. The first kappa shape index (κ1) is 9.98. The number of aromatic amines is 1.